The van der Waals surface area contributed by atoms with Gasteiger partial charge in [0.05, 0.1) is 5.69 Å². The average Bonchev–Trinajstić information content (AvgIpc) is 2.91. The van der Waals surface area contributed by atoms with Gasteiger partial charge in [0, 0.05) is 6.20 Å². The molecule has 1 N–H and O–H groups in total. The molecule has 2 aromatic rings. The van der Waals surface area contributed by atoms with Gasteiger partial charge in [0.15, 0.2) is 5.82 Å². The summed E-state index contributed by atoms with van der Waals surface area (Å²) in [4.78, 5) is 18.5. The molecule has 0 saturated heterocycles. The van der Waals surface area contributed by atoms with Gasteiger partial charge >= 0.3 is 18.0 Å². The Kier molecular flexibility index (Phi) is 3.58. The predicted molar refractivity (Wildman–Crippen MR) is 58.8 cm³/mol. The van der Waals surface area contributed by atoms with Crippen molar-refractivity contribution in [2.24, 2.45) is 0 Å². The number of rotatable bonds is 3. The first kappa shape index (κ1) is 14.8. The molecule has 2 aromatic heterocycles. The molecule has 0 spiro atoms. The van der Waals surface area contributed by atoms with Crippen LogP contribution in [0.5, 0.6) is 0 Å². The molecule has 0 aliphatic carbocycles. The number of alkyl halides is 5. The van der Waals surface area contributed by atoms with Crippen molar-refractivity contribution in [2.45, 2.75) is 12.1 Å². The van der Waals surface area contributed by atoms with Crippen LogP contribution in [0, 0.1) is 0 Å². The van der Waals surface area contributed by atoms with Gasteiger partial charge in [0.25, 0.3) is 0 Å². The molecule has 0 unspecified atom stereocenters. The Balaban J connectivity index is 2.31. The fourth-order valence-electron chi connectivity index (χ4n) is 1.32. The summed E-state index contributed by atoms with van der Waals surface area (Å²) >= 11 is 0. The van der Waals surface area contributed by atoms with Crippen molar-refractivity contribution >= 4 is 11.6 Å². The minimum Gasteiger partial charge on any atom is -0.317 e. The van der Waals surface area contributed by atoms with E-state index in [2.05, 4.69) is 15.1 Å². The second-order valence-electron chi connectivity index (χ2n) is 3.74. The van der Waals surface area contributed by atoms with E-state index in [1.165, 1.54) is 17.6 Å². The Morgan fingerprint density at radius 2 is 1.95 bits per heavy atom. The maximum Gasteiger partial charge on any atom is 0.463 e. The number of halogens is 5. The van der Waals surface area contributed by atoms with E-state index in [4.69, 9.17) is 0 Å². The van der Waals surface area contributed by atoms with Crippen LogP contribution in [0.25, 0.3) is 5.82 Å². The Labute approximate surface area is 113 Å². The number of nitrogens with zero attached hydrogens (tertiary/aromatic N) is 4. The highest BCUT2D eigenvalue weighted by molar-refractivity contribution is 5.97. The highest BCUT2D eigenvalue weighted by Crippen LogP contribution is 2.36. The quantitative estimate of drug-likeness (QED) is 0.878. The van der Waals surface area contributed by atoms with Crippen LogP contribution < -0.4 is 5.32 Å². The lowest BCUT2D eigenvalue weighted by molar-refractivity contribution is -0.267. The lowest BCUT2D eigenvalue weighted by Gasteiger charge is -2.19. The third kappa shape index (κ3) is 2.80. The van der Waals surface area contributed by atoms with Crippen LogP contribution >= 0.6 is 0 Å². The van der Waals surface area contributed by atoms with Gasteiger partial charge in [-0.15, -0.1) is 0 Å². The number of hydrogen-bond acceptors (Lipinski definition) is 4. The largest absolute Gasteiger partial charge is 0.463 e. The highest BCUT2D eigenvalue weighted by atomic mass is 19.4. The van der Waals surface area contributed by atoms with Crippen molar-refractivity contribution in [1.29, 1.82) is 0 Å². The van der Waals surface area contributed by atoms with E-state index in [9.17, 15) is 26.7 Å². The van der Waals surface area contributed by atoms with Gasteiger partial charge in [-0.2, -0.15) is 27.1 Å². The van der Waals surface area contributed by atoms with E-state index in [0.29, 0.717) is 0 Å². The molecule has 2 heterocycles. The van der Waals surface area contributed by atoms with Crippen molar-refractivity contribution in [1.82, 2.24) is 19.7 Å². The molecule has 0 aromatic carbocycles. The fourth-order valence-corrected chi connectivity index (χ4v) is 1.32. The van der Waals surface area contributed by atoms with E-state index in [1.807, 2.05) is 0 Å². The highest BCUT2D eigenvalue weighted by Gasteiger charge is 2.63. The van der Waals surface area contributed by atoms with Crippen LogP contribution in [0.4, 0.5) is 27.6 Å². The fraction of sp³-hybridized carbons (Fsp3) is 0.200. The van der Waals surface area contributed by atoms with Gasteiger partial charge in [-0.25, -0.2) is 14.6 Å². The number of carbonyl (C=O) groups excluding carboxylic acids is 1. The normalized spacial score (nSPS) is 12.2. The average molecular weight is 307 g/mol. The van der Waals surface area contributed by atoms with Gasteiger partial charge < -0.3 is 5.32 Å². The molecule has 0 aliphatic rings. The van der Waals surface area contributed by atoms with E-state index in [0.717, 1.165) is 23.4 Å². The monoisotopic (exact) mass is 307 g/mol. The molecule has 6 nitrogen and oxygen atoms in total. The van der Waals surface area contributed by atoms with E-state index >= 15 is 0 Å². The molecule has 112 valence electrons. The summed E-state index contributed by atoms with van der Waals surface area (Å²) < 4.78 is 63.1. The molecule has 0 atom stereocenters. The number of nitrogens with one attached hydrogen (secondary N) is 1. The molecule has 2 rings (SSSR count). The Hall–Kier alpha value is -2.59. The first-order chi connectivity index (χ1) is 9.73. The summed E-state index contributed by atoms with van der Waals surface area (Å²) in [6.45, 7) is 0. The molecule has 21 heavy (non-hydrogen) atoms. The summed E-state index contributed by atoms with van der Waals surface area (Å²) in [5.41, 5.74) is -0.364. The lowest BCUT2D eigenvalue weighted by atomic mass is 10.3. The van der Waals surface area contributed by atoms with Crippen LogP contribution in [0.2, 0.25) is 0 Å². The van der Waals surface area contributed by atoms with E-state index in [-0.39, 0.29) is 11.5 Å². The summed E-state index contributed by atoms with van der Waals surface area (Å²) in [6, 6.07) is 2.36. The Bertz CT molecular complexity index is 640. The van der Waals surface area contributed by atoms with E-state index < -0.39 is 18.0 Å². The molecule has 0 bridgehead atoms. The smallest absolute Gasteiger partial charge is 0.317 e. The second kappa shape index (κ2) is 5.07. The second-order valence-corrected chi connectivity index (χ2v) is 3.74. The Morgan fingerprint density at radius 3 is 2.52 bits per heavy atom. The zero-order valence-corrected chi connectivity index (χ0v) is 9.97. The molecule has 0 fully saturated rings. The van der Waals surface area contributed by atoms with Crippen molar-refractivity contribution < 1.29 is 26.7 Å². The standard InChI is InChI=1S/C10H6F5N5O/c11-9(12,10(13,14)15)8(21)19-6-2-1-3-17-7(6)20-5-16-4-18-20/h1-5H,(H,19,21). The van der Waals surface area contributed by atoms with Gasteiger partial charge in [0.2, 0.25) is 0 Å². The minimum absolute atomic E-state index is 0.152. The van der Waals surface area contributed by atoms with Crippen LogP contribution in [-0.2, 0) is 4.79 Å². The number of carbonyl (C=O) groups is 1. The molecule has 1 amide bonds. The zero-order chi connectivity index (χ0) is 15.7. The maximum atomic E-state index is 12.9. The number of anilines is 1. The van der Waals surface area contributed by atoms with Crippen molar-refractivity contribution in [2.75, 3.05) is 5.32 Å². The molecule has 0 aliphatic heterocycles. The number of hydrogen-bond donors (Lipinski definition) is 1. The van der Waals surface area contributed by atoms with Crippen molar-refractivity contribution in [3.05, 3.63) is 31.0 Å². The maximum absolute atomic E-state index is 12.9. The van der Waals surface area contributed by atoms with Gasteiger partial charge in [0.1, 0.15) is 12.7 Å². The predicted octanol–water partition coefficient (Wildman–Crippen LogP) is 1.80. The summed E-state index contributed by atoms with van der Waals surface area (Å²) in [5, 5.41) is 5.13. The molecule has 0 saturated carbocycles. The van der Waals surface area contributed by atoms with Crippen LogP contribution in [0.15, 0.2) is 31.0 Å². The van der Waals surface area contributed by atoms with Gasteiger partial charge in [-0.05, 0) is 12.1 Å². The van der Waals surface area contributed by atoms with Crippen LogP contribution in [0.3, 0.4) is 0 Å². The van der Waals surface area contributed by atoms with Gasteiger partial charge in [-0.1, -0.05) is 0 Å². The molecule has 0 radical (unpaired) electrons. The minimum atomic E-state index is -5.99. The van der Waals surface area contributed by atoms with Crippen molar-refractivity contribution in [3.8, 4) is 5.82 Å². The number of aromatic nitrogens is 4. The molecular weight excluding hydrogens is 301 g/mol. The Morgan fingerprint density at radius 1 is 1.24 bits per heavy atom. The first-order valence-electron chi connectivity index (χ1n) is 5.29. The number of pyridine rings is 1. The van der Waals surface area contributed by atoms with Crippen LogP contribution in [-0.4, -0.2) is 37.8 Å². The third-order valence-electron chi connectivity index (χ3n) is 2.31. The number of amides is 1. The molecular formula is C10H6F5N5O. The summed E-state index contributed by atoms with van der Waals surface area (Å²) in [7, 11) is 0. The summed E-state index contributed by atoms with van der Waals surface area (Å²) in [6.07, 6.45) is -2.51. The molecule has 11 heteroatoms. The third-order valence-corrected chi connectivity index (χ3v) is 2.31. The van der Waals surface area contributed by atoms with Crippen LogP contribution in [0.1, 0.15) is 0 Å². The summed E-state index contributed by atoms with van der Waals surface area (Å²) in [5.74, 6) is -8.19. The van der Waals surface area contributed by atoms with E-state index in [1.54, 1.807) is 0 Å². The van der Waals surface area contributed by atoms with Crippen molar-refractivity contribution in [3.63, 3.8) is 0 Å². The SMILES string of the molecule is O=C(Nc1cccnc1-n1cncn1)C(F)(F)C(F)(F)F. The van der Waals surface area contributed by atoms with Gasteiger partial charge in [-0.3, -0.25) is 4.79 Å². The first-order valence-corrected chi connectivity index (χ1v) is 5.29. The topological polar surface area (TPSA) is 72.7 Å². The zero-order valence-electron chi connectivity index (χ0n) is 9.97. The lowest BCUT2D eigenvalue weighted by Crippen LogP contribution is -2.47.